The Bertz CT molecular complexity index is 824. The number of ether oxygens (including phenoxy) is 1. The number of hydrogen-bond donors (Lipinski definition) is 0. The van der Waals surface area contributed by atoms with Crippen LogP contribution in [-0.4, -0.2) is 11.2 Å². The molecule has 0 saturated heterocycles. The van der Waals surface area contributed by atoms with Crippen LogP contribution >= 0.6 is 11.6 Å². The minimum Gasteiger partial charge on any atom is -0.452 e. The van der Waals surface area contributed by atoms with Crippen molar-refractivity contribution in [2.45, 2.75) is 12.0 Å². The van der Waals surface area contributed by atoms with Gasteiger partial charge in [-0.3, -0.25) is 9.59 Å². The Morgan fingerprint density at radius 1 is 0.654 bits per heavy atom. The predicted octanol–water partition coefficient (Wildman–Crippen LogP) is 4.87. The van der Waals surface area contributed by atoms with Crippen molar-refractivity contribution in [2.24, 2.45) is 0 Å². The molecule has 3 nitrogen and oxygen atoms in total. The third-order valence-electron chi connectivity index (χ3n) is 4.03. The fourth-order valence-electron chi connectivity index (χ4n) is 2.77. The first-order chi connectivity index (χ1) is 12.7. The van der Waals surface area contributed by atoms with Crippen molar-refractivity contribution in [2.75, 3.05) is 0 Å². The molecule has 4 heteroatoms. The summed E-state index contributed by atoms with van der Waals surface area (Å²) in [5.41, 5.74) is 2.15. The lowest BCUT2D eigenvalue weighted by atomic mass is 9.99. The number of esters is 1. The highest BCUT2D eigenvalue weighted by atomic mass is 35.5. The molecule has 0 aliphatic heterocycles. The van der Waals surface area contributed by atoms with Crippen LogP contribution in [0.15, 0.2) is 91.0 Å². The van der Waals surface area contributed by atoms with E-state index in [1.54, 1.807) is 30.3 Å². The van der Waals surface area contributed by atoms with Crippen LogP contribution in [0.5, 0.6) is 0 Å². The smallest absolute Gasteiger partial charge is 0.323 e. The molecule has 130 valence electrons. The molecule has 0 aromatic heterocycles. The first-order valence-electron chi connectivity index (χ1n) is 8.21. The van der Waals surface area contributed by atoms with E-state index in [4.69, 9.17) is 16.3 Å². The van der Waals surface area contributed by atoms with Gasteiger partial charge in [0.25, 0.3) is 0 Å². The van der Waals surface area contributed by atoms with Crippen LogP contribution in [0.3, 0.4) is 0 Å². The summed E-state index contributed by atoms with van der Waals surface area (Å²) < 4.78 is 5.76. The number of carbonyl (C=O) groups is 2. The van der Waals surface area contributed by atoms with Crippen LogP contribution in [0, 0.1) is 0 Å². The van der Waals surface area contributed by atoms with Gasteiger partial charge in [-0.2, -0.15) is 0 Å². The van der Waals surface area contributed by atoms with Crippen molar-refractivity contribution in [1.29, 1.82) is 0 Å². The second kappa shape index (κ2) is 8.45. The number of halogens is 1. The largest absolute Gasteiger partial charge is 0.452 e. The molecular formula is C22H17ClO3. The van der Waals surface area contributed by atoms with Gasteiger partial charge in [-0.1, -0.05) is 91.0 Å². The van der Waals surface area contributed by atoms with E-state index in [0.717, 1.165) is 11.1 Å². The Hall–Kier alpha value is -2.91. The second-order valence-electron chi connectivity index (χ2n) is 5.79. The van der Waals surface area contributed by atoms with Crippen molar-refractivity contribution < 1.29 is 14.3 Å². The molecule has 1 unspecified atom stereocenters. The van der Waals surface area contributed by atoms with E-state index in [1.807, 2.05) is 60.7 Å². The van der Waals surface area contributed by atoms with Crippen molar-refractivity contribution in [3.05, 3.63) is 108 Å². The highest BCUT2D eigenvalue weighted by molar-refractivity contribution is 6.66. The van der Waals surface area contributed by atoms with Gasteiger partial charge in [-0.05, 0) is 28.3 Å². The molecule has 0 heterocycles. The molecule has 3 aromatic rings. The number of hydrogen-bond acceptors (Lipinski definition) is 3. The summed E-state index contributed by atoms with van der Waals surface area (Å²) in [7, 11) is 0. The Morgan fingerprint density at radius 3 is 1.42 bits per heavy atom. The SMILES string of the molecule is O=C(Cl)C(C(=O)OC(c1ccccc1)c1ccccc1)c1ccccc1. The quantitative estimate of drug-likeness (QED) is 0.356. The van der Waals surface area contributed by atoms with Crippen molar-refractivity contribution in [3.8, 4) is 0 Å². The van der Waals surface area contributed by atoms with Crippen LogP contribution in [0.4, 0.5) is 0 Å². The normalized spacial score (nSPS) is 11.8. The monoisotopic (exact) mass is 364 g/mol. The minimum absolute atomic E-state index is 0.511. The molecule has 0 amide bonds. The van der Waals surface area contributed by atoms with Gasteiger partial charge in [0.15, 0.2) is 12.0 Å². The van der Waals surface area contributed by atoms with Crippen LogP contribution < -0.4 is 0 Å². The van der Waals surface area contributed by atoms with Gasteiger partial charge in [0.1, 0.15) is 0 Å². The lowest BCUT2D eigenvalue weighted by molar-refractivity contribution is -0.150. The van der Waals surface area contributed by atoms with Crippen LogP contribution in [0.1, 0.15) is 28.7 Å². The Kier molecular flexibility index (Phi) is 5.82. The zero-order valence-electron chi connectivity index (χ0n) is 13.9. The van der Waals surface area contributed by atoms with Gasteiger partial charge < -0.3 is 4.74 Å². The fourth-order valence-corrected chi connectivity index (χ4v) is 2.99. The molecule has 0 bridgehead atoms. The van der Waals surface area contributed by atoms with Gasteiger partial charge in [-0.15, -0.1) is 0 Å². The van der Waals surface area contributed by atoms with Crippen LogP contribution in [0.2, 0.25) is 0 Å². The molecule has 1 atom stereocenters. The summed E-state index contributed by atoms with van der Waals surface area (Å²) >= 11 is 5.71. The fraction of sp³-hybridized carbons (Fsp3) is 0.0909. The van der Waals surface area contributed by atoms with Crippen molar-refractivity contribution >= 4 is 22.8 Å². The molecule has 0 radical (unpaired) electrons. The third-order valence-corrected chi connectivity index (χ3v) is 4.25. The van der Waals surface area contributed by atoms with E-state index in [2.05, 4.69) is 0 Å². The van der Waals surface area contributed by atoms with E-state index < -0.39 is 23.2 Å². The zero-order chi connectivity index (χ0) is 18.4. The molecular weight excluding hydrogens is 348 g/mol. The molecule has 26 heavy (non-hydrogen) atoms. The third kappa shape index (κ3) is 4.19. The summed E-state index contributed by atoms with van der Waals surface area (Å²) in [6, 6.07) is 27.5. The van der Waals surface area contributed by atoms with Crippen LogP contribution in [0.25, 0.3) is 0 Å². The van der Waals surface area contributed by atoms with Crippen molar-refractivity contribution in [1.82, 2.24) is 0 Å². The first kappa shape index (κ1) is 17.9. The Morgan fingerprint density at radius 2 is 1.04 bits per heavy atom. The highest BCUT2D eigenvalue weighted by Gasteiger charge is 2.31. The Labute approximate surface area is 157 Å². The minimum atomic E-state index is -1.16. The standard InChI is InChI=1S/C22H17ClO3/c23-21(24)19(16-10-4-1-5-11-16)22(25)26-20(17-12-6-2-7-13-17)18-14-8-3-9-15-18/h1-15,19-20H. The average molecular weight is 365 g/mol. The lowest BCUT2D eigenvalue weighted by Crippen LogP contribution is -2.23. The average Bonchev–Trinajstić information content (AvgIpc) is 2.68. The van der Waals surface area contributed by atoms with Gasteiger partial charge in [0, 0.05) is 0 Å². The molecule has 3 rings (SSSR count). The summed E-state index contributed by atoms with van der Waals surface area (Å²) in [6.45, 7) is 0. The topological polar surface area (TPSA) is 43.4 Å². The first-order valence-corrected chi connectivity index (χ1v) is 8.59. The maximum Gasteiger partial charge on any atom is 0.323 e. The zero-order valence-corrected chi connectivity index (χ0v) is 14.7. The number of rotatable bonds is 6. The van der Waals surface area contributed by atoms with E-state index in [9.17, 15) is 9.59 Å². The van der Waals surface area contributed by atoms with Gasteiger partial charge >= 0.3 is 5.97 Å². The summed E-state index contributed by atoms with van der Waals surface area (Å²) in [4.78, 5) is 24.7. The molecule has 0 spiro atoms. The molecule has 0 N–H and O–H groups in total. The van der Waals surface area contributed by atoms with E-state index >= 15 is 0 Å². The summed E-state index contributed by atoms with van der Waals surface area (Å²) in [5, 5.41) is -0.763. The van der Waals surface area contributed by atoms with Gasteiger partial charge in [0.2, 0.25) is 5.24 Å². The molecule has 3 aromatic carbocycles. The van der Waals surface area contributed by atoms with Crippen molar-refractivity contribution in [3.63, 3.8) is 0 Å². The van der Waals surface area contributed by atoms with E-state index in [1.165, 1.54) is 0 Å². The highest BCUT2D eigenvalue weighted by Crippen LogP contribution is 2.29. The molecule has 0 fully saturated rings. The maximum absolute atomic E-state index is 12.8. The molecule has 0 aliphatic carbocycles. The molecule has 0 aliphatic rings. The Balaban J connectivity index is 1.93. The molecule has 0 saturated carbocycles. The van der Waals surface area contributed by atoms with E-state index in [0.29, 0.717) is 5.56 Å². The van der Waals surface area contributed by atoms with Crippen LogP contribution in [-0.2, 0) is 14.3 Å². The van der Waals surface area contributed by atoms with E-state index in [-0.39, 0.29) is 0 Å². The maximum atomic E-state index is 12.8. The number of carbonyl (C=O) groups excluding carboxylic acids is 2. The lowest BCUT2D eigenvalue weighted by Gasteiger charge is -2.21. The summed E-state index contributed by atoms with van der Waals surface area (Å²) in [5.74, 6) is -1.83. The summed E-state index contributed by atoms with van der Waals surface area (Å²) in [6.07, 6.45) is -0.618. The second-order valence-corrected chi connectivity index (χ2v) is 6.16. The predicted molar refractivity (Wildman–Crippen MR) is 101 cm³/mol. The number of benzene rings is 3. The van der Waals surface area contributed by atoms with Gasteiger partial charge in [0.05, 0.1) is 0 Å². The van der Waals surface area contributed by atoms with Gasteiger partial charge in [-0.25, -0.2) is 0 Å².